The number of anilines is 2. The highest BCUT2D eigenvalue weighted by atomic mass is 32.2. The molecule has 5 heterocycles. The van der Waals surface area contributed by atoms with E-state index in [9.17, 15) is 8.78 Å². The summed E-state index contributed by atoms with van der Waals surface area (Å²) < 4.78 is 30.3. The predicted octanol–water partition coefficient (Wildman–Crippen LogP) is 5.50. The van der Waals surface area contributed by atoms with Crippen LogP contribution < -0.4 is 10.2 Å². The van der Waals surface area contributed by atoms with E-state index in [2.05, 4.69) is 32.4 Å². The van der Waals surface area contributed by atoms with Gasteiger partial charge in [-0.2, -0.15) is 5.10 Å². The van der Waals surface area contributed by atoms with Gasteiger partial charge in [-0.1, -0.05) is 17.8 Å². The first-order valence-corrected chi connectivity index (χ1v) is 12.7. The summed E-state index contributed by atoms with van der Waals surface area (Å²) in [6.07, 6.45) is 1.49. The van der Waals surface area contributed by atoms with E-state index < -0.39 is 5.92 Å². The molecule has 2 aliphatic heterocycles. The van der Waals surface area contributed by atoms with Gasteiger partial charge in [0.2, 0.25) is 0 Å². The zero-order chi connectivity index (χ0) is 23.9. The molecule has 0 amide bonds. The van der Waals surface area contributed by atoms with E-state index in [1.54, 1.807) is 11.8 Å². The molecule has 3 aromatic rings. The van der Waals surface area contributed by atoms with Gasteiger partial charge in [0.25, 0.3) is 5.92 Å². The topological polar surface area (TPSA) is 58.9 Å². The maximum absolute atomic E-state index is 14.2. The number of piperidine rings is 1. The van der Waals surface area contributed by atoms with Gasteiger partial charge in [0.05, 0.1) is 17.9 Å². The molecule has 5 rings (SSSR count). The van der Waals surface area contributed by atoms with E-state index in [0.29, 0.717) is 12.3 Å². The van der Waals surface area contributed by atoms with E-state index in [-0.39, 0.29) is 24.9 Å². The summed E-state index contributed by atoms with van der Waals surface area (Å²) in [5.41, 5.74) is 4.88. The molecule has 2 aliphatic rings. The summed E-state index contributed by atoms with van der Waals surface area (Å²) in [6.45, 7) is 4.55. The minimum absolute atomic E-state index is 0.0703. The maximum atomic E-state index is 14.2. The van der Waals surface area contributed by atoms with Gasteiger partial charge in [-0.15, -0.1) is 0 Å². The van der Waals surface area contributed by atoms with Gasteiger partial charge in [-0.25, -0.2) is 13.8 Å². The van der Waals surface area contributed by atoms with E-state index in [1.165, 1.54) is 0 Å². The lowest BCUT2D eigenvalue weighted by molar-refractivity contribution is -0.0357. The normalized spacial score (nSPS) is 21.1. The number of nitrogens with one attached hydrogen (secondary N) is 1. The van der Waals surface area contributed by atoms with Crippen molar-refractivity contribution in [1.82, 2.24) is 19.7 Å². The molecular weight excluding hydrogens is 454 g/mol. The number of hydrogen-bond acceptors (Lipinski definition) is 6. The molecule has 2 unspecified atom stereocenters. The Hall–Kier alpha value is -2.68. The Labute approximate surface area is 203 Å². The molecule has 2 atom stereocenters. The Morgan fingerprint density at radius 3 is 2.50 bits per heavy atom. The second-order valence-electron chi connectivity index (χ2n) is 9.42. The van der Waals surface area contributed by atoms with Crippen LogP contribution >= 0.6 is 11.8 Å². The first kappa shape index (κ1) is 23.1. The molecule has 6 nitrogen and oxygen atoms in total. The lowest BCUT2D eigenvalue weighted by Crippen LogP contribution is -2.47. The molecule has 0 saturated carbocycles. The minimum Gasteiger partial charge on any atom is -0.365 e. The van der Waals surface area contributed by atoms with Gasteiger partial charge in [0.15, 0.2) is 0 Å². The predicted molar refractivity (Wildman–Crippen MR) is 132 cm³/mol. The Balaban J connectivity index is 1.40. The number of alkyl halides is 2. The summed E-state index contributed by atoms with van der Waals surface area (Å²) in [7, 11) is 1.93. The fraction of sp³-hybridized carbons (Fsp3) is 0.480. The van der Waals surface area contributed by atoms with E-state index in [1.807, 2.05) is 49.8 Å². The van der Waals surface area contributed by atoms with Gasteiger partial charge in [-0.3, -0.25) is 9.67 Å². The molecule has 0 aromatic carbocycles. The first-order chi connectivity index (χ1) is 16.3. The fourth-order valence-electron chi connectivity index (χ4n) is 5.07. The summed E-state index contributed by atoms with van der Waals surface area (Å²) in [5, 5.41) is 8.88. The second-order valence-corrected chi connectivity index (χ2v) is 10.4. The zero-order valence-electron chi connectivity index (χ0n) is 19.8. The van der Waals surface area contributed by atoms with Gasteiger partial charge >= 0.3 is 0 Å². The van der Waals surface area contributed by atoms with Crippen molar-refractivity contribution in [2.24, 2.45) is 7.05 Å². The number of fused-ring (bicyclic) bond motifs is 2. The summed E-state index contributed by atoms with van der Waals surface area (Å²) in [6, 6.07) is 11.8. The average Bonchev–Trinajstić information content (AvgIpc) is 3.26. The third kappa shape index (κ3) is 5.04. The van der Waals surface area contributed by atoms with Gasteiger partial charge < -0.3 is 10.2 Å². The van der Waals surface area contributed by atoms with Crippen molar-refractivity contribution in [3.63, 3.8) is 0 Å². The van der Waals surface area contributed by atoms with Crippen molar-refractivity contribution in [3.8, 4) is 0 Å². The molecule has 34 heavy (non-hydrogen) atoms. The van der Waals surface area contributed by atoms with Crippen LogP contribution in [0.25, 0.3) is 0 Å². The molecule has 0 radical (unpaired) electrons. The molecule has 2 saturated heterocycles. The standard InChI is InChI=1S/C25H30F2N6S/c1-16-5-4-6-18(29-16)14-28-23-11-22(33-20-7-8-21(33)13-25(26,27)12-20)10-19(30-23)15-34-24-9-17(2)32(3)31-24/h4-6,9-11,20-21H,7-8,12-15H2,1-3H3,(H,28,30). The molecule has 0 aliphatic carbocycles. The van der Waals surface area contributed by atoms with Gasteiger partial charge in [0.1, 0.15) is 10.8 Å². The summed E-state index contributed by atoms with van der Waals surface area (Å²) in [5.74, 6) is -1.17. The van der Waals surface area contributed by atoms with Crippen LogP contribution in [0.1, 0.15) is 48.5 Å². The molecule has 180 valence electrons. The van der Waals surface area contributed by atoms with Crippen molar-refractivity contribution >= 4 is 23.3 Å². The third-order valence-electron chi connectivity index (χ3n) is 6.71. The van der Waals surface area contributed by atoms with Crippen molar-refractivity contribution in [1.29, 1.82) is 0 Å². The number of thioether (sulfide) groups is 1. The van der Waals surface area contributed by atoms with Crippen molar-refractivity contribution in [2.45, 2.75) is 74.9 Å². The van der Waals surface area contributed by atoms with Crippen LogP contribution in [-0.2, 0) is 19.3 Å². The highest BCUT2D eigenvalue weighted by molar-refractivity contribution is 7.98. The van der Waals surface area contributed by atoms with Crippen LogP contribution in [0.15, 0.2) is 41.4 Å². The quantitative estimate of drug-likeness (QED) is 0.447. The monoisotopic (exact) mass is 484 g/mol. The van der Waals surface area contributed by atoms with E-state index >= 15 is 0 Å². The number of rotatable bonds is 7. The fourth-order valence-corrected chi connectivity index (χ4v) is 5.94. The molecule has 3 aromatic heterocycles. The summed E-state index contributed by atoms with van der Waals surface area (Å²) in [4.78, 5) is 11.6. The van der Waals surface area contributed by atoms with Crippen LogP contribution in [-0.4, -0.2) is 37.8 Å². The molecule has 1 N–H and O–H groups in total. The number of halogens is 2. The number of aromatic nitrogens is 4. The Kier molecular flexibility index (Phi) is 6.22. The maximum Gasteiger partial charge on any atom is 0.252 e. The van der Waals surface area contributed by atoms with Gasteiger partial charge in [0, 0.05) is 60.9 Å². The van der Waals surface area contributed by atoms with Crippen LogP contribution in [0, 0.1) is 13.8 Å². The lowest BCUT2D eigenvalue weighted by atomic mass is 9.98. The molecule has 2 bridgehead atoms. The Bertz CT molecular complexity index is 1140. The number of hydrogen-bond donors (Lipinski definition) is 1. The van der Waals surface area contributed by atoms with Crippen LogP contribution in [0.2, 0.25) is 0 Å². The molecular formula is C25H30F2N6S. The second kappa shape index (κ2) is 9.17. The van der Waals surface area contributed by atoms with Gasteiger partial charge in [-0.05, 0) is 51.0 Å². The zero-order valence-corrected chi connectivity index (χ0v) is 20.6. The molecule has 2 fully saturated rings. The smallest absolute Gasteiger partial charge is 0.252 e. The Morgan fingerprint density at radius 2 is 1.82 bits per heavy atom. The van der Waals surface area contributed by atoms with E-state index in [4.69, 9.17) is 4.98 Å². The van der Waals surface area contributed by atoms with Crippen molar-refractivity contribution < 1.29 is 8.78 Å². The van der Waals surface area contributed by atoms with E-state index in [0.717, 1.165) is 52.1 Å². The number of aryl methyl sites for hydroxylation is 3. The lowest BCUT2D eigenvalue weighted by Gasteiger charge is -2.40. The largest absolute Gasteiger partial charge is 0.365 e. The third-order valence-corrected chi connectivity index (χ3v) is 7.64. The van der Waals surface area contributed by atoms with Crippen LogP contribution in [0.5, 0.6) is 0 Å². The Morgan fingerprint density at radius 1 is 1.06 bits per heavy atom. The highest BCUT2D eigenvalue weighted by Crippen LogP contribution is 2.46. The number of nitrogens with zero attached hydrogens (tertiary/aromatic N) is 5. The summed E-state index contributed by atoms with van der Waals surface area (Å²) >= 11 is 1.63. The SMILES string of the molecule is Cc1cccc(CNc2cc(N3C4CCC3CC(F)(F)C4)cc(CSc3cc(C)n(C)n3)n2)n1. The van der Waals surface area contributed by atoms with Crippen LogP contribution in [0.4, 0.5) is 20.3 Å². The van der Waals surface area contributed by atoms with Crippen molar-refractivity contribution in [3.05, 3.63) is 59.2 Å². The van der Waals surface area contributed by atoms with Crippen molar-refractivity contribution in [2.75, 3.05) is 10.2 Å². The number of pyridine rings is 2. The molecule has 9 heteroatoms. The van der Waals surface area contributed by atoms with Crippen LogP contribution in [0.3, 0.4) is 0 Å². The molecule has 0 spiro atoms. The minimum atomic E-state index is -2.57. The average molecular weight is 485 g/mol. The first-order valence-electron chi connectivity index (χ1n) is 11.7. The highest BCUT2D eigenvalue weighted by Gasteiger charge is 2.49.